The summed E-state index contributed by atoms with van der Waals surface area (Å²) < 4.78 is 0. The first-order valence-corrected chi connectivity index (χ1v) is 6.66. The van der Waals surface area contributed by atoms with Crippen molar-refractivity contribution in [3.63, 3.8) is 0 Å². The maximum atomic E-state index is 12.0. The van der Waals surface area contributed by atoms with Gasteiger partial charge in [0.05, 0.1) is 11.4 Å². The number of nitrogens with two attached hydrogens (primary N) is 1. The number of rotatable bonds is 4. The van der Waals surface area contributed by atoms with Crippen LogP contribution in [0.3, 0.4) is 0 Å². The molecule has 0 bridgehead atoms. The van der Waals surface area contributed by atoms with Crippen LogP contribution in [0.15, 0.2) is 18.2 Å². The summed E-state index contributed by atoms with van der Waals surface area (Å²) >= 11 is 0. The van der Waals surface area contributed by atoms with Crippen molar-refractivity contribution in [3.05, 3.63) is 23.8 Å². The zero-order chi connectivity index (χ0) is 15.3. The Labute approximate surface area is 119 Å². The third kappa shape index (κ3) is 4.66. The van der Waals surface area contributed by atoms with Crippen LogP contribution >= 0.6 is 0 Å². The van der Waals surface area contributed by atoms with Crippen molar-refractivity contribution in [2.75, 3.05) is 17.2 Å². The standard InChI is InChI=1S/C15H23N3O2/c1-10-5-6-11(18-14(20)15(2,3)4)12(9-10)17-13(19)7-8-16/h5-6,9H,7-8,16H2,1-4H3,(H,17,19)(H,18,20). The third-order valence-electron chi connectivity index (χ3n) is 2.75. The molecule has 1 aromatic carbocycles. The van der Waals surface area contributed by atoms with E-state index in [1.807, 2.05) is 39.8 Å². The zero-order valence-electron chi connectivity index (χ0n) is 12.5. The Morgan fingerprint density at radius 3 is 2.35 bits per heavy atom. The molecule has 0 aliphatic carbocycles. The molecule has 0 saturated carbocycles. The molecule has 0 aliphatic rings. The number of carbonyl (C=O) groups is 2. The second kappa shape index (κ2) is 6.52. The molecule has 5 nitrogen and oxygen atoms in total. The molecule has 20 heavy (non-hydrogen) atoms. The van der Waals surface area contributed by atoms with Crippen molar-refractivity contribution in [2.24, 2.45) is 11.1 Å². The number of nitrogens with one attached hydrogen (secondary N) is 2. The first-order valence-electron chi connectivity index (χ1n) is 6.66. The number of anilines is 2. The summed E-state index contributed by atoms with van der Waals surface area (Å²) in [6.07, 6.45) is 0.251. The van der Waals surface area contributed by atoms with Crippen molar-refractivity contribution in [1.82, 2.24) is 0 Å². The molecule has 0 fully saturated rings. The van der Waals surface area contributed by atoms with E-state index in [4.69, 9.17) is 5.73 Å². The number of aryl methyl sites for hydroxylation is 1. The number of amides is 2. The summed E-state index contributed by atoms with van der Waals surface area (Å²) in [6.45, 7) is 7.73. The summed E-state index contributed by atoms with van der Waals surface area (Å²) in [5.74, 6) is -0.264. The van der Waals surface area contributed by atoms with Gasteiger partial charge >= 0.3 is 0 Å². The summed E-state index contributed by atoms with van der Waals surface area (Å²) in [5.41, 5.74) is 7.06. The highest BCUT2D eigenvalue weighted by atomic mass is 16.2. The molecule has 0 spiro atoms. The van der Waals surface area contributed by atoms with Crippen molar-refractivity contribution >= 4 is 23.2 Å². The molecule has 0 atom stereocenters. The highest BCUT2D eigenvalue weighted by Crippen LogP contribution is 2.25. The van der Waals surface area contributed by atoms with Gasteiger partial charge in [0.25, 0.3) is 0 Å². The van der Waals surface area contributed by atoms with Crippen LogP contribution in [0.2, 0.25) is 0 Å². The molecule has 2 amide bonds. The Morgan fingerprint density at radius 2 is 1.80 bits per heavy atom. The Morgan fingerprint density at radius 1 is 1.15 bits per heavy atom. The molecule has 0 unspecified atom stereocenters. The van der Waals surface area contributed by atoms with E-state index >= 15 is 0 Å². The van der Waals surface area contributed by atoms with Gasteiger partial charge in [-0.15, -0.1) is 0 Å². The van der Waals surface area contributed by atoms with Crippen LogP contribution in [0.4, 0.5) is 11.4 Å². The van der Waals surface area contributed by atoms with Gasteiger partial charge < -0.3 is 16.4 Å². The molecule has 0 radical (unpaired) electrons. The Kier molecular flexibility index (Phi) is 5.27. The second-order valence-corrected chi connectivity index (χ2v) is 5.84. The molecular weight excluding hydrogens is 254 g/mol. The van der Waals surface area contributed by atoms with E-state index in [1.54, 1.807) is 6.07 Å². The van der Waals surface area contributed by atoms with Gasteiger partial charge in [-0.25, -0.2) is 0 Å². The third-order valence-corrected chi connectivity index (χ3v) is 2.75. The number of hydrogen-bond donors (Lipinski definition) is 3. The summed E-state index contributed by atoms with van der Waals surface area (Å²) in [7, 11) is 0. The lowest BCUT2D eigenvalue weighted by molar-refractivity contribution is -0.123. The van der Waals surface area contributed by atoms with Gasteiger partial charge in [-0.05, 0) is 24.6 Å². The van der Waals surface area contributed by atoms with Gasteiger partial charge in [-0.2, -0.15) is 0 Å². The van der Waals surface area contributed by atoms with Crippen LogP contribution in [0.25, 0.3) is 0 Å². The lowest BCUT2D eigenvalue weighted by Crippen LogP contribution is -2.28. The van der Waals surface area contributed by atoms with E-state index in [0.29, 0.717) is 17.9 Å². The Hall–Kier alpha value is -1.88. The largest absolute Gasteiger partial charge is 0.330 e. The summed E-state index contributed by atoms with van der Waals surface area (Å²) in [5, 5.41) is 5.62. The molecule has 0 aromatic heterocycles. The topological polar surface area (TPSA) is 84.2 Å². The van der Waals surface area contributed by atoms with Crippen LogP contribution < -0.4 is 16.4 Å². The number of carbonyl (C=O) groups excluding carboxylic acids is 2. The van der Waals surface area contributed by atoms with Crippen molar-refractivity contribution < 1.29 is 9.59 Å². The Balaban J connectivity index is 2.96. The minimum Gasteiger partial charge on any atom is -0.330 e. The highest BCUT2D eigenvalue weighted by molar-refractivity contribution is 6.01. The monoisotopic (exact) mass is 277 g/mol. The fourth-order valence-corrected chi connectivity index (χ4v) is 1.52. The van der Waals surface area contributed by atoms with Crippen molar-refractivity contribution in [1.29, 1.82) is 0 Å². The smallest absolute Gasteiger partial charge is 0.229 e. The van der Waals surface area contributed by atoms with Crippen LogP contribution in [-0.2, 0) is 9.59 Å². The minimum absolute atomic E-state index is 0.101. The van der Waals surface area contributed by atoms with Gasteiger partial charge in [-0.1, -0.05) is 26.8 Å². The van der Waals surface area contributed by atoms with Gasteiger partial charge in [0.1, 0.15) is 0 Å². The van der Waals surface area contributed by atoms with E-state index < -0.39 is 5.41 Å². The fourth-order valence-electron chi connectivity index (χ4n) is 1.52. The average molecular weight is 277 g/mol. The SMILES string of the molecule is Cc1ccc(NC(=O)C(C)(C)C)c(NC(=O)CCN)c1. The molecule has 0 aliphatic heterocycles. The minimum atomic E-state index is -0.497. The zero-order valence-corrected chi connectivity index (χ0v) is 12.5. The highest BCUT2D eigenvalue weighted by Gasteiger charge is 2.22. The van der Waals surface area contributed by atoms with E-state index in [0.717, 1.165) is 5.56 Å². The first-order chi connectivity index (χ1) is 9.24. The molecule has 1 rings (SSSR count). The fraction of sp³-hybridized carbons (Fsp3) is 0.467. The van der Waals surface area contributed by atoms with Crippen LogP contribution in [-0.4, -0.2) is 18.4 Å². The quantitative estimate of drug-likeness (QED) is 0.789. The van der Waals surface area contributed by atoms with E-state index in [-0.39, 0.29) is 18.2 Å². The van der Waals surface area contributed by atoms with Gasteiger partial charge in [0.2, 0.25) is 11.8 Å². The molecule has 110 valence electrons. The number of benzene rings is 1. The summed E-state index contributed by atoms with van der Waals surface area (Å²) in [6, 6.07) is 5.50. The lowest BCUT2D eigenvalue weighted by Gasteiger charge is -2.20. The normalized spacial score (nSPS) is 11.1. The first kappa shape index (κ1) is 16.2. The van der Waals surface area contributed by atoms with E-state index in [9.17, 15) is 9.59 Å². The maximum Gasteiger partial charge on any atom is 0.229 e. The molecule has 0 saturated heterocycles. The van der Waals surface area contributed by atoms with Gasteiger partial charge in [0.15, 0.2) is 0 Å². The van der Waals surface area contributed by atoms with Crippen molar-refractivity contribution in [3.8, 4) is 0 Å². The summed E-state index contributed by atoms with van der Waals surface area (Å²) in [4.78, 5) is 23.7. The lowest BCUT2D eigenvalue weighted by atomic mass is 9.95. The number of hydrogen-bond acceptors (Lipinski definition) is 3. The van der Waals surface area contributed by atoms with E-state index in [2.05, 4.69) is 10.6 Å². The molecule has 4 N–H and O–H groups in total. The Bertz CT molecular complexity index is 504. The molecule has 5 heteroatoms. The molecular formula is C15H23N3O2. The maximum absolute atomic E-state index is 12.0. The van der Waals surface area contributed by atoms with Crippen molar-refractivity contribution in [2.45, 2.75) is 34.1 Å². The van der Waals surface area contributed by atoms with Gasteiger partial charge in [0, 0.05) is 18.4 Å². The predicted octanol–water partition coefficient (Wildman–Crippen LogP) is 2.27. The average Bonchev–Trinajstić information content (AvgIpc) is 2.31. The predicted molar refractivity (Wildman–Crippen MR) is 81.6 cm³/mol. The molecule has 0 heterocycles. The van der Waals surface area contributed by atoms with E-state index in [1.165, 1.54) is 0 Å². The van der Waals surface area contributed by atoms with Gasteiger partial charge in [-0.3, -0.25) is 9.59 Å². The molecule has 1 aromatic rings. The van der Waals surface area contributed by atoms with Crippen LogP contribution in [0.1, 0.15) is 32.8 Å². The van der Waals surface area contributed by atoms with Crippen LogP contribution in [0, 0.1) is 12.3 Å². The second-order valence-electron chi connectivity index (χ2n) is 5.84. The van der Waals surface area contributed by atoms with Crippen LogP contribution in [0.5, 0.6) is 0 Å².